The number of carbonyl (C=O) groups excluding carboxylic acids is 1. The Morgan fingerprint density at radius 1 is 1.00 bits per heavy atom. The quantitative estimate of drug-likeness (QED) is 0.663. The molecule has 126 valence electrons. The van der Waals surface area contributed by atoms with E-state index in [0.29, 0.717) is 16.7 Å². The van der Waals surface area contributed by atoms with Gasteiger partial charge >= 0.3 is 12.1 Å². The van der Waals surface area contributed by atoms with Crippen molar-refractivity contribution in [3.05, 3.63) is 53.6 Å². The summed E-state index contributed by atoms with van der Waals surface area (Å²) in [4.78, 5) is 23.0. The van der Waals surface area contributed by atoms with Crippen LogP contribution in [-0.4, -0.2) is 24.3 Å². The third kappa shape index (κ3) is 3.74. The highest BCUT2D eigenvalue weighted by Gasteiger charge is 2.21. The number of ether oxygens (including phenoxy) is 2. The summed E-state index contributed by atoms with van der Waals surface area (Å²) in [6, 6.07) is 12.1. The molecule has 0 aliphatic rings. The van der Waals surface area contributed by atoms with E-state index in [-0.39, 0.29) is 11.2 Å². The van der Waals surface area contributed by atoms with E-state index < -0.39 is 12.1 Å². The van der Waals surface area contributed by atoms with Crippen LogP contribution in [0.2, 0.25) is 0 Å². The Kier molecular flexibility index (Phi) is 4.93. The van der Waals surface area contributed by atoms with E-state index in [0.717, 1.165) is 5.56 Å². The van der Waals surface area contributed by atoms with Gasteiger partial charge in [0.2, 0.25) is 0 Å². The summed E-state index contributed by atoms with van der Waals surface area (Å²) in [7, 11) is 1.30. The molecule has 5 nitrogen and oxygen atoms in total. The first kappa shape index (κ1) is 17.5. The van der Waals surface area contributed by atoms with E-state index >= 15 is 0 Å². The van der Waals surface area contributed by atoms with Crippen molar-refractivity contribution in [1.29, 1.82) is 0 Å². The molecule has 0 spiro atoms. The van der Waals surface area contributed by atoms with Crippen molar-refractivity contribution in [1.82, 2.24) is 0 Å². The summed E-state index contributed by atoms with van der Waals surface area (Å²) in [5, 5.41) is 8.98. The Morgan fingerprint density at radius 2 is 1.67 bits per heavy atom. The lowest BCUT2D eigenvalue weighted by atomic mass is 9.84. The number of carbonyl (C=O) groups is 2. The Morgan fingerprint density at radius 3 is 2.25 bits per heavy atom. The molecule has 5 heteroatoms. The van der Waals surface area contributed by atoms with Crippen molar-refractivity contribution in [3.63, 3.8) is 0 Å². The van der Waals surface area contributed by atoms with Crippen molar-refractivity contribution in [3.8, 4) is 16.9 Å². The Labute approximate surface area is 140 Å². The average molecular weight is 328 g/mol. The van der Waals surface area contributed by atoms with Gasteiger partial charge in [-0.1, -0.05) is 45.0 Å². The zero-order valence-corrected chi connectivity index (χ0v) is 14.1. The molecule has 0 atom stereocenters. The van der Waals surface area contributed by atoms with Gasteiger partial charge in [0.1, 0.15) is 5.75 Å². The van der Waals surface area contributed by atoms with Crippen LogP contribution in [0.1, 0.15) is 36.7 Å². The molecule has 24 heavy (non-hydrogen) atoms. The summed E-state index contributed by atoms with van der Waals surface area (Å²) < 4.78 is 9.72. The number of carboxylic acid groups (broad SMARTS) is 1. The highest BCUT2D eigenvalue weighted by molar-refractivity contribution is 5.98. The lowest BCUT2D eigenvalue weighted by Crippen LogP contribution is -2.12. The standard InChI is InChI=1S/C19H20O5/c1-19(2,3)12-9-10-16(24-18(21)22)15(11-12)13-7-5-6-8-14(13)17(20)23-4/h5-11H,1-4H3,(H,21,22). The summed E-state index contributed by atoms with van der Waals surface area (Å²) in [5.74, 6) is -0.320. The number of rotatable bonds is 3. The second-order valence-corrected chi connectivity index (χ2v) is 6.37. The SMILES string of the molecule is COC(=O)c1ccccc1-c1cc(C(C)(C)C)ccc1OC(=O)O. The van der Waals surface area contributed by atoms with Gasteiger partial charge in [-0.15, -0.1) is 0 Å². The molecule has 2 aromatic carbocycles. The molecule has 0 amide bonds. The van der Waals surface area contributed by atoms with Crippen LogP contribution in [0.25, 0.3) is 11.1 Å². The minimum absolute atomic E-state index is 0.142. The van der Waals surface area contributed by atoms with E-state index in [2.05, 4.69) is 20.8 Å². The topological polar surface area (TPSA) is 72.8 Å². The van der Waals surface area contributed by atoms with Gasteiger partial charge in [-0.25, -0.2) is 9.59 Å². The number of hydrogen-bond acceptors (Lipinski definition) is 4. The second-order valence-electron chi connectivity index (χ2n) is 6.37. The molecular formula is C19H20O5. The Hall–Kier alpha value is -2.82. The fraction of sp³-hybridized carbons (Fsp3) is 0.263. The Balaban J connectivity index is 2.71. The second kappa shape index (κ2) is 6.74. The molecule has 0 unspecified atom stereocenters. The number of benzene rings is 2. The zero-order valence-electron chi connectivity index (χ0n) is 14.1. The van der Waals surface area contributed by atoms with Crippen LogP contribution in [0.4, 0.5) is 4.79 Å². The van der Waals surface area contributed by atoms with Crippen LogP contribution in [-0.2, 0) is 10.2 Å². The van der Waals surface area contributed by atoms with Crippen molar-refractivity contribution in [2.24, 2.45) is 0 Å². The van der Waals surface area contributed by atoms with Crippen LogP contribution in [0, 0.1) is 0 Å². The molecule has 1 N–H and O–H groups in total. The maximum atomic E-state index is 12.0. The summed E-state index contributed by atoms with van der Waals surface area (Å²) in [6.07, 6.45) is -1.41. The Bertz CT molecular complexity index is 772. The molecule has 0 aliphatic heterocycles. The van der Waals surface area contributed by atoms with Crippen molar-refractivity contribution < 1.29 is 24.2 Å². The van der Waals surface area contributed by atoms with Gasteiger partial charge in [0.25, 0.3) is 0 Å². The first-order valence-corrected chi connectivity index (χ1v) is 7.47. The van der Waals surface area contributed by atoms with Crippen molar-refractivity contribution >= 4 is 12.1 Å². The van der Waals surface area contributed by atoms with E-state index in [1.165, 1.54) is 7.11 Å². The van der Waals surface area contributed by atoms with Gasteiger partial charge in [0.05, 0.1) is 12.7 Å². The number of hydrogen-bond donors (Lipinski definition) is 1. The van der Waals surface area contributed by atoms with Gasteiger partial charge in [-0.3, -0.25) is 0 Å². The molecule has 0 fully saturated rings. The van der Waals surface area contributed by atoms with Gasteiger partial charge in [0, 0.05) is 5.56 Å². The molecule has 0 heterocycles. The molecule has 0 saturated heterocycles. The van der Waals surface area contributed by atoms with Gasteiger partial charge in [-0.05, 0) is 34.7 Å². The molecule has 2 aromatic rings. The average Bonchev–Trinajstić information content (AvgIpc) is 2.53. The number of methoxy groups -OCH3 is 1. The molecule has 0 radical (unpaired) electrons. The molecule has 0 saturated carbocycles. The maximum Gasteiger partial charge on any atom is 0.511 e. The van der Waals surface area contributed by atoms with Crippen LogP contribution in [0.15, 0.2) is 42.5 Å². The molecule has 0 aromatic heterocycles. The summed E-state index contributed by atoms with van der Waals surface area (Å²) in [5.41, 5.74) is 2.30. The van der Waals surface area contributed by atoms with Gasteiger partial charge < -0.3 is 14.6 Å². The normalized spacial score (nSPS) is 11.0. The van der Waals surface area contributed by atoms with Crippen molar-refractivity contribution in [2.75, 3.05) is 7.11 Å². The van der Waals surface area contributed by atoms with Crippen LogP contribution in [0.3, 0.4) is 0 Å². The van der Waals surface area contributed by atoms with Crippen LogP contribution < -0.4 is 4.74 Å². The predicted molar refractivity (Wildman–Crippen MR) is 90.6 cm³/mol. The minimum atomic E-state index is -1.41. The lowest BCUT2D eigenvalue weighted by Gasteiger charge is -2.21. The van der Waals surface area contributed by atoms with E-state index in [9.17, 15) is 9.59 Å². The van der Waals surface area contributed by atoms with Gasteiger partial charge in [-0.2, -0.15) is 0 Å². The molecule has 2 rings (SSSR count). The molecular weight excluding hydrogens is 308 g/mol. The summed E-state index contributed by atoms with van der Waals surface area (Å²) >= 11 is 0. The van der Waals surface area contributed by atoms with Gasteiger partial charge in [0.15, 0.2) is 0 Å². The largest absolute Gasteiger partial charge is 0.511 e. The highest BCUT2D eigenvalue weighted by Crippen LogP contribution is 2.36. The monoisotopic (exact) mass is 328 g/mol. The van der Waals surface area contributed by atoms with Crippen molar-refractivity contribution in [2.45, 2.75) is 26.2 Å². The molecule has 0 aliphatic carbocycles. The fourth-order valence-corrected chi connectivity index (χ4v) is 2.40. The number of esters is 1. The highest BCUT2D eigenvalue weighted by atomic mass is 16.7. The van der Waals surface area contributed by atoms with E-state index in [1.807, 2.05) is 12.1 Å². The maximum absolute atomic E-state index is 12.0. The van der Waals surface area contributed by atoms with Crippen LogP contribution >= 0.6 is 0 Å². The fourth-order valence-electron chi connectivity index (χ4n) is 2.40. The summed E-state index contributed by atoms with van der Waals surface area (Å²) in [6.45, 7) is 6.15. The lowest BCUT2D eigenvalue weighted by molar-refractivity contribution is 0.0601. The smallest absolute Gasteiger partial charge is 0.465 e. The first-order valence-electron chi connectivity index (χ1n) is 7.47. The zero-order chi connectivity index (χ0) is 17.9. The van der Waals surface area contributed by atoms with E-state index in [1.54, 1.807) is 30.3 Å². The predicted octanol–water partition coefficient (Wildman–Crippen LogP) is 4.49. The van der Waals surface area contributed by atoms with E-state index in [4.69, 9.17) is 14.6 Å². The third-order valence-corrected chi connectivity index (χ3v) is 3.67. The first-order chi connectivity index (χ1) is 11.2. The third-order valence-electron chi connectivity index (χ3n) is 3.67. The minimum Gasteiger partial charge on any atom is -0.465 e. The van der Waals surface area contributed by atoms with Crippen LogP contribution in [0.5, 0.6) is 5.75 Å². The molecule has 0 bridgehead atoms.